The number of rotatable bonds is 5. The van der Waals surface area contributed by atoms with Gasteiger partial charge in [-0.25, -0.2) is 13.6 Å². The molecule has 130 valence electrons. The van der Waals surface area contributed by atoms with Crippen molar-refractivity contribution >= 4 is 15.9 Å². The zero-order chi connectivity index (χ0) is 18.0. The van der Waals surface area contributed by atoms with E-state index in [1.807, 2.05) is 6.07 Å². The van der Waals surface area contributed by atoms with Gasteiger partial charge in [-0.1, -0.05) is 24.3 Å². The molecule has 2 aromatic carbocycles. The van der Waals surface area contributed by atoms with E-state index in [2.05, 4.69) is 26.4 Å². The highest BCUT2D eigenvalue weighted by Crippen LogP contribution is 2.30. The van der Waals surface area contributed by atoms with Gasteiger partial charge in [0.15, 0.2) is 0 Å². The average molecular weight is 411 g/mol. The normalized spacial score (nSPS) is 11.1. The Morgan fingerprint density at radius 2 is 1.92 bits per heavy atom. The number of para-hydroxylation sites is 1. The smallest absolute Gasteiger partial charge is 0.368 e. The molecule has 0 radical (unpaired) electrons. The Hall–Kier alpha value is -2.55. The van der Waals surface area contributed by atoms with Crippen LogP contribution in [0, 0.1) is 0 Å². The first kappa shape index (κ1) is 17.3. The Labute approximate surface area is 149 Å². The Morgan fingerprint density at radius 3 is 2.56 bits per heavy atom. The van der Waals surface area contributed by atoms with Crippen molar-refractivity contribution in [3.8, 4) is 11.4 Å². The van der Waals surface area contributed by atoms with E-state index in [1.54, 1.807) is 18.2 Å². The molecule has 0 unspecified atom stereocenters. The van der Waals surface area contributed by atoms with E-state index >= 15 is 0 Å². The second-order valence-corrected chi connectivity index (χ2v) is 6.02. The molecular weight excluding hydrogens is 398 g/mol. The molecule has 0 fully saturated rings. The lowest BCUT2D eigenvalue weighted by atomic mass is 10.1. The zero-order valence-corrected chi connectivity index (χ0v) is 14.7. The van der Waals surface area contributed by atoms with E-state index in [-0.39, 0.29) is 23.4 Å². The molecule has 6 nitrogen and oxygen atoms in total. The molecular formula is C16H13BrF2N4O2. The number of hydrogen-bond acceptors (Lipinski definition) is 4. The van der Waals surface area contributed by atoms with E-state index in [1.165, 1.54) is 25.2 Å². The van der Waals surface area contributed by atoms with Crippen molar-refractivity contribution in [2.45, 2.75) is 13.0 Å². The number of halogens is 3. The molecule has 0 aliphatic carbocycles. The van der Waals surface area contributed by atoms with Gasteiger partial charge in [0.25, 0.3) is 6.43 Å². The monoisotopic (exact) mass is 410 g/mol. The minimum atomic E-state index is -2.72. The minimum absolute atomic E-state index is 0.151. The van der Waals surface area contributed by atoms with E-state index in [4.69, 9.17) is 4.74 Å². The third-order valence-electron chi connectivity index (χ3n) is 3.58. The fourth-order valence-electron chi connectivity index (χ4n) is 2.33. The highest BCUT2D eigenvalue weighted by atomic mass is 79.9. The highest BCUT2D eigenvalue weighted by molar-refractivity contribution is 9.10. The van der Waals surface area contributed by atoms with Crippen LogP contribution in [0.3, 0.4) is 0 Å². The summed E-state index contributed by atoms with van der Waals surface area (Å²) < 4.78 is 35.2. The molecule has 0 N–H and O–H groups in total. The van der Waals surface area contributed by atoms with Gasteiger partial charge >= 0.3 is 5.69 Å². The molecule has 0 aliphatic rings. The largest absolute Gasteiger partial charge is 0.488 e. The third kappa shape index (κ3) is 3.46. The van der Waals surface area contributed by atoms with Crippen LogP contribution in [-0.2, 0) is 13.7 Å². The number of nitrogens with zero attached hydrogens (tertiary/aromatic N) is 4. The standard InChI is InChI=1S/C16H13BrF2N4O2/c1-22-16(24)23(21-20-22)13-7-4-5-10(15(18)19)11(13)9-25-14-8-3-2-6-12(14)17/h2-8,15H,9H2,1H3. The summed E-state index contributed by atoms with van der Waals surface area (Å²) in [7, 11) is 1.43. The van der Waals surface area contributed by atoms with Crippen molar-refractivity contribution in [1.82, 2.24) is 19.8 Å². The Balaban J connectivity index is 2.05. The van der Waals surface area contributed by atoms with Gasteiger partial charge in [-0.2, -0.15) is 9.36 Å². The topological polar surface area (TPSA) is 61.9 Å². The highest BCUT2D eigenvalue weighted by Gasteiger charge is 2.20. The van der Waals surface area contributed by atoms with Crippen molar-refractivity contribution in [1.29, 1.82) is 0 Å². The fraction of sp³-hybridized carbons (Fsp3) is 0.188. The summed E-state index contributed by atoms with van der Waals surface area (Å²) in [5.41, 5.74) is -0.366. The van der Waals surface area contributed by atoms with Crippen molar-refractivity contribution in [2.75, 3.05) is 0 Å². The van der Waals surface area contributed by atoms with Gasteiger partial charge in [0.2, 0.25) is 0 Å². The molecule has 1 heterocycles. The number of alkyl halides is 2. The van der Waals surface area contributed by atoms with Gasteiger partial charge in [0.05, 0.1) is 10.2 Å². The first-order valence-electron chi connectivity index (χ1n) is 7.25. The molecule has 3 rings (SSSR count). The Bertz CT molecular complexity index is 955. The second kappa shape index (κ2) is 7.14. The fourth-order valence-corrected chi connectivity index (χ4v) is 2.73. The van der Waals surface area contributed by atoms with E-state index in [0.717, 1.165) is 9.36 Å². The number of tetrazole rings is 1. The van der Waals surface area contributed by atoms with Crippen LogP contribution in [0.5, 0.6) is 5.75 Å². The predicted octanol–water partition coefficient (Wildman–Crippen LogP) is 3.25. The number of hydrogen-bond donors (Lipinski definition) is 0. The van der Waals surface area contributed by atoms with Crippen molar-refractivity contribution < 1.29 is 13.5 Å². The molecule has 0 aliphatic heterocycles. The quantitative estimate of drug-likeness (QED) is 0.647. The van der Waals surface area contributed by atoms with Crippen LogP contribution in [0.1, 0.15) is 17.6 Å². The summed E-state index contributed by atoms with van der Waals surface area (Å²) in [6.45, 7) is -0.151. The maximum Gasteiger partial charge on any atom is 0.368 e. The van der Waals surface area contributed by atoms with E-state index in [9.17, 15) is 13.6 Å². The number of aryl methyl sites for hydroxylation is 1. The predicted molar refractivity (Wildman–Crippen MR) is 90.0 cm³/mol. The summed E-state index contributed by atoms with van der Waals surface area (Å²) >= 11 is 3.34. The molecule has 0 amide bonds. The molecule has 0 spiro atoms. The number of aromatic nitrogens is 4. The molecule has 9 heteroatoms. The summed E-state index contributed by atoms with van der Waals surface area (Å²) in [4.78, 5) is 12.1. The van der Waals surface area contributed by atoms with Crippen LogP contribution in [0.2, 0.25) is 0 Å². The Kier molecular flexibility index (Phi) is 4.93. The van der Waals surface area contributed by atoms with Crippen molar-refractivity contribution in [3.63, 3.8) is 0 Å². The molecule has 0 saturated heterocycles. The first-order chi connectivity index (χ1) is 12.0. The number of benzene rings is 2. The van der Waals surface area contributed by atoms with Crippen LogP contribution in [0.25, 0.3) is 5.69 Å². The lowest BCUT2D eigenvalue weighted by Crippen LogP contribution is -2.23. The van der Waals surface area contributed by atoms with Crippen LogP contribution in [0.4, 0.5) is 8.78 Å². The van der Waals surface area contributed by atoms with Gasteiger partial charge in [-0.05, 0) is 44.6 Å². The zero-order valence-electron chi connectivity index (χ0n) is 13.1. The summed E-state index contributed by atoms with van der Waals surface area (Å²) in [5, 5.41) is 7.35. The van der Waals surface area contributed by atoms with Gasteiger partial charge in [-0.15, -0.1) is 0 Å². The second-order valence-electron chi connectivity index (χ2n) is 5.16. The molecule has 0 saturated carbocycles. The van der Waals surface area contributed by atoms with Gasteiger partial charge < -0.3 is 4.74 Å². The maximum atomic E-state index is 13.4. The number of ether oxygens (including phenoxy) is 1. The van der Waals surface area contributed by atoms with Crippen LogP contribution < -0.4 is 10.4 Å². The molecule has 0 atom stereocenters. The molecule has 25 heavy (non-hydrogen) atoms. The Morgan fingerprint density at radius 1 is 1.16 bits per heavy atom. The van der Waals surface area contributed by atoms with Crippen LogP contribution >= 0.6 is 15.9 Å². The molecule has 1 aromatic heterocycles. The SMILES string of the molecule is Cn1nnn(-c2cccc(C(F)F)c2COc2ccccc2Br)c1=O. The van der Waals surface area contributed by atoms with Crippen LogP contribution in [-0.4, -0.2) is 19.8 Å². The third-order valence-corrected chi connectivity index (χ3v) is 4.24. The van der Waals surface area contributed by atoms with Crippen molar-refractivity contribution in [3.05, 3.63) is 68.5 Å². The molecule has 3 aromatic rings. The van der Waals surface area contributed by atoms with E-state index < -0.39 is 12.1 Å². The van der Waals surface area contributed by atoms with Crippen LogP contribution in [0.15, 0.2) is 51.7 Å². The lowest BCUT2D eigenvalue weighted by Gasteiger charge is -2.15. The minimum Gasteiger partial charge on any atom is -0.488 e. The van der Waals surface area contributed by atoms with E-state index in [0.29, 0.717) is 10.2 Å². The first-order valence-corrected chi connectivity index (χ1v) is 8.05. The van der Waals surface area contributed by atoms with Crippen molar-refractivity contribution in [2.24, 2.45) is 7.05 Å². The van der Waals surface area contributed by atoms with Gasteiger partial charge in [-0.3, -0.25) is 0 Å². The molecule has 0 bridgehead atoms. The summed E-state index contributed by atoms with van der Waals surface area (Å²) in [5.74, 6) is 0.504. The van der Waals surface area contributed by atoms with Gasteiger partial charge in [0.1, 0.15) is 12.4 Å². The average Bonchev–Trinajstić information content (AvgIpc) is 2.93. The summed E-state index contributed by atoms with van der Waals surface area (Å²) in [6.07, 6.45) is -2.72. The maximum absolute atomic E-state index is 13.4. The van der Waals surface area contributed by atoms with Gasteiger partial charge in [0, 0.05) is 18.2 Å². The summed E-state index contributed by atoms with van der Waals surface area (Å²) in [6, 6.07) is 11.3. The lowest BCUT2D eigenvalue weighted by molar-refractivity contribution is 0.148.